The summed E-state index contributed by atoms with van der Waals surface area (Å²) in [4.78, 5) is 14.6. The first-order valence-electron chi connectivity index (χ1n) is 10.5. The van der Waals surface area contributed by atoms with Gasteiger partial charge < -0.3 is 10.2 Å². The maximum atomic E-state index is 12.6. The number of aromatic nitrogens is 5. The Kier molecular flexibility index (Phi) is 4.29. The fourth-order valence-electron chi connectivity index (χ4n) is 5.16. The smallest absolute Gasteiger partial charge is 0.223 e. The molecule has 6 rings (SSSR count). The molecule has 0 spiro atoms. The molecule has 3 aromatic rings. The highest BCUT2D eigenvalue weighted by molar-refractivity contribution is 7.15. The number of aromatic amines is 1. The quantitative estimate of drug-likeness (QED) is 0.632. The number of amides is 1. The van der Waals surface area contributed by atoms with Gasteiger partial charge in [-0.25, -0.2) is 0 Å². The molecule has 1 aromatic carbocycles. The Bertz CT molecular complexity index is 1030. The first-order chi connectivity index (χ1) is 14.7. The van der Waals surface area contributed by atoms with Gasteiger partial charge in [0.05, 0.1) is 11.9 Å². The minimum atomic E-state index is 0.219. The molecule has 30 heavy (non-hydrogen) atoms. The van der Waals surface area contributed by atoms with Crippen LogP contribution in [0.15, 0.2) is 30.5 Å². The number of anilines is 1. The summed E-state index contributed by atoms with van der Waals surface area (Å²) in [6.45, 7) is 1.68. The van der Waals surface area contributed by atoms with Gasteiger partial charge in [0.1, 0.15) is 5.01 Å². The maximum absolute atomic E-state index is 12.6. The van der Waals surface area contributed by atoms with Crippen LogP contribution in [0.3, 0.4) is 0 Å². The zero-order valence-electron chi connectivity index (χ0n) is 16.5. The van der Waals surface area contributed by atoms with E-state index in [1.165, 1.54) is 11.1 Å². The number of benzene rings is 1. The van der Waals surface area contributed by atoms with E-state index in [0.29, 0.717) is 36.6 Å². The second kappa shape index (κ2) is 7.16. The predicted molar refractivity (Wildman–Crippen MR) is 112 cm³/mol. The number of nitrogens with zero attached hydrogens (tertiary/aromatic N) is 5. The largest absolute Gasteiger partial charge is 0.357 e. The Labute approximate surface area is 178 Å². The van der Waals surface area contributed by atoms with E-state index in [-0.39, 0.29) is 5.91 Å². The van der Waals surface area contributed by atoms with Crippen LogP contribution in [0.1, 0.15) is 34.2 Å². The summed E-state index contributed by atoms with van der Waals surface area (Å²) in [5.74, 6) is 1.79. The van der Waals surface area contributed by atoms with Crippen LogP contribution in [0.25, 0.3) is 0 Å². The van der Waals surface area contributed by atoms with Crippen molar-refractivity contribution in [2.24, 2.45) is 11.8 Å². The van der Waals surface area contributed by atoms with Crippen molar-refractivity contribution in [3.8, 4) is 0 Å². The van der Waals surface area contributed by atoms with E-state index < -0.39 is 0 Å². The summed E-state index contributed by atoms with van der Waals surface area (Å²) < 4.78 is 0. The van der Waals surface area contributed by atoms with Crippen molar-refractivity contribution >= 4 is 22.4 Å². The molecule has 2 fully saturated rings. The van der Waals surface area contributed by atoms with Gasteiger partial charge in [-0.2, -0.15) is 15.4 Å². The van der Waals surface area contributed by atoms with Crippen LogP contribution in [0.2, 0.25) is 0 Å². The molecule has 2 N–H and O–H groups in total. The van der Waals surface area contributed by atoms with Crippen molar-refractivity contribution < 1.29 is 4.79 Å². The molecule has 9 heteroatoms. The highest BCUT2D eigenvalue weighted by Gasteiger charge is 2.58. The maximum Gasteiger partial charge on any atom is 0.223 e. The molecule has 2 atom stereocenters. The number of carbonyl (C=O) groups is 1. The Morgan fingerprint density at radius 2 is 1.93 bits per heavy atom. The van der Waals surface area contributed by atoms with Gasteiger partial charge in [-0.05, 0) is 35.8 Å². The number of hydrogen-bond donors (Lipinski definition) is 2. The number of H-pyrrole nitrogens is 1. The van der Waals surface area contributed by atoms with Gasteiger partial charge in [-0.15, -0.1) is 10.2 Å². The van der Waals surface area contributed by atoms with Gasteiger partial charge in [-0.3, -0.25) is 4.79 Å². The van der Waals surface area contributed by atoms with Crippen LogP contribution in [0.5, 0.6) is 0 Å². The third-order valence-electron chi connectivity index (χ3n) is 6.72. The lowest BCUT2D eigenvalue weighted by atomic mass is 10.1. The zero-order valence-corrected chi connectivity index (χ0v) is 17.3. The van der Waals surface area contributed by atoms with E-state index in [9.17, 15) is 4.79 Å². The van der Waals surface area contributed by atoms with Gasteiger partial charge in [0.25, 0.3) is 0 Å². The highest BCUT2D eigenvalue weighted by atomic mass is 32.1. The van der Waals surface area contributed by atoms with Gasteiger partial charge in [0, 0.05) is 37.9 Å². The van der Waals surface area contributed by atoms with Crippen molar-refractivity contribution in [1.82, 2.24) is 30.5 Å². The molecule has 154 valence electrons. The minimum Gasteiger partial charge on any atom is -0.357 e. The summed E-state index contributed by atoms with van der Waals surface area (Å²) >= 11 is 1.57. The first-order valence-corrected chi connectivity index (χ1v) is 11.4. The van der Waals surface area contributed by atoms with E-state index in [0.717, 1.165) is 41.8 Å². The number of carbonyl (C=O) groups excluding carboxylic acids is 1. The molecule has 2 aromatic heterocycles. The van der Waals surface area contributed by atoms with Gasteiger partial charge >= 0.3 is 0 Å². The van der Waals surface area contributed by atoms with Crippen LogP contribution in [-0.2, 0) is 24.1 Å². The Morgan fingerprint density at radius 1 is 1.17 bits per heavy atom. The summed E-state index contributed by atoms with van der Waals surface area (Å²) in [6.07, 6.45) is 5.01. The molecule has 1 amide bonds. The van der Waals surface area contributed by atoms with Gasteiger partial charge in [-0.1, -0.05) is 35.6 Å². The normalized spacial score (nSPS) is 24.7. The molecule has 3 aliphatic rings. The molecular formula is C21H23N7OS. The minimum absolute atomic E-state index is 0.219. The molecule has 8 nitrogen and oxygen atoms in total. The van der Waals surface area contributed by atoms with E-state index in [1.807, 2.05) is 4.90 Å². The molecule has 1 saturated carbocycles. The second-order valence-electron chi connectivity index (χ2n) is 8.57. The standard InChI is InChI=1S/C21H23N7OS/c29-19(28-10-15-16(11-28)20(15)17-9-22-27-24-17)6-5-18-25-26-21(30-18)23-14-7-12-3-1-2-4-13(12)8-14/h1-4,9,14-16,20H,5-8,10-11H2,(H,23,26)(H,22,24,27). The van der Waals surface area contributed by atoms with Crippen molar-refractivity contribution in [2.45, 2.75) is 37.6 Å². The summed E-state index contributed by atoms with van der Waals surface area (Å²) in [5.41, 5.74) is 3.87. The van der Waals surface area contributed by atoms with E-state index in [4.69, 9.17) is 0 Å². The SMILES string of the molecule is O=C(CCc1nnc(NC2Cc3ccccc3C2)s1)N1CC2C(C1)C2c1cn[nH]n1. The molecule has 3 heterocycles. The lowest BCUT2D eigenvalue weighted by molar-refractivity contribution is -0.130. The number of rotatable bonds is 6. The topological polar surface area (TPSA) is 99.7 Å². The van der Waals surface area contributed by atoms with Crippen LogP contribution in [-0.4, -0.2) is 55.5 Å². The van der Waals surface area contributed by atoms with E-state index in [1.54, 1.807) is 17.5 Å². The summed E-state index contributed by atoms with van der Waals surface area (Å²) in [7, 11) is 0. The number of aryl methyl sites for hydroxylation is 1. The molecule has 2 unspecified atom stereocenters. The average molecular weight is 422 g/mol. The average Bonchev–Trinajstić information content (AvgIpc) is 3.36. The number of piperidine rings is 1. The molecule has 0 bridgehead atoms. The zero-order chi connectivity index (χ0) is 20.1. The highest BCUT2D eigenvalue weighted by Crippen LogP contribution is 2.57. The molecule has 1 saturated heterocycles. The number of hydrogen-bond acceptors (Lipinski definition) is 7. The van der Waals surface area contributed by atoms with E-state index >= 15 is 0 Å². The number of nitrogens with one attached hydrogen (secondary N) is 2. The summed E-state index contributed by atoms with van der Waals surface area (Å²) in [5, 5.41) is 24.7. The van der Waals surface area contributed by atoms with Gasteiger partial charge in [0.2, 0.25) is 11.0 Å². The van der Waals surface area contributed by atoms with Crippen LogP contribution in [0, 0.1) is 11.8 Å². The Hall–Kier alpha value is -2.81. The number of fused-ring (bicyclic) bond motifs is 2. The monoisotopic (exact) mass is 421 g/mol. The fraction of sp³-hybridized carbons (Fsp3) is 0.476. The Balaban J connectivity index is 0.978. The fourth-order valence-corrected chi connectivity index (χ4v) is 5.98. The first kappa shape index (κ1) is 18.0. The van der Waals surface area contributed by atoms with Gasteiger partial charge in [0.15, 0.2) is 0 Å². The van der Waals surface area contributed by atoms with Crippen LogP contribution < -0.4 is 5.32 Å². The van der Waals surface area contributed by atoms with E-state index in [2.05, 4.69) is 55.2 Å². The predicted octanol–water partition coefficient (Wildman–Crippen LogP) is 2.04. The molecule has 2 aliphatic carbocycles. The van der Waals surface area contributed by atoms with Crippen molar-refractivity contribution in [2.75, 3.05) is 18.4 Å². The van der Waals surface area contributed by atoms with Crippen molar-refractivity contribution in [3.05, 3.63) is 52.3 Å². The molecular weight excluding hydrogens is 398 g/mol. The van der Waals surface area contributed by atoms with Crippen LogP contribution in [0.4, 0.5) is 5.13 Å². The van der Waals surface area contributed by atoms with Crippen molar-refractivity contribution in [1.29, 1.82) is 0 Å². The lowest BCUT2D eigenvalue weighted by Crippen LogP contribution is -2.31. The van der Waals surface area contributed by atoms with Crippen LogP contribution >= 0.6 is 11.3 Å². The third kappa shape index (κ3) is 3.27. The summed E-state index contributed by atoms with van der Waals surface area (Å²) in [6, 6.07) is 8.97. The molecule has 0 radical (unpaired) electrons. The molecule has 1 aliphatic heterocycles. The second-order valence-corrected chi connectivity index (χ2v) is 9.63. The number of likely N-dealkylation sites (tertiary alicyclic amines) is 1. The lowest BCUT2D eigenvalue weighted by Gasteiger charge is -2.19. The Morgan fingerprint density at radius 3 is 2.63 bits per heavy atom. The third-order valence-corrected chi connectivity index (χ3v) is 7.63. The van der Waals surface area contributed by atoms with Crippen molar-refractivity contribution in [3.63, 3.8) is 0 Å².